The highest BCUT2D eigenvalue weighted by atomic mass is 32.1. The first-order valence-corrected chi connectivity index (χ1v) is 7.68. The van der Waals surface area contributed by atoms with E-state index in [0.717, 1.165) is 41.3 Å². The Morgan fingerprint density at radius 1 is 1.47 bits per heavy atom. The summed E-state index contributed by atoms with van der Waals surface area (Å²) in [7, 11) is 4.12. The lowest BCUT2D eigenvalue weighted by Gasteiger charge is -2.17. The van der Waals surface area contributed by atoms with E-state index in [-0.39, 0.29) is 5.56 Å². The molecule has 2 N–H and O–H groups in total. The van der Waals surface area contributed by atoms with Crippen molar-refractivity contribution < 1.29 is 4.90 Å². The van der Waals surface area contributed by atoms with Crippen LogP contribution >= 0.6 is 11.3 Å². The standard InChI is InChI=1S/C14H19N3OS/c1-8-4-5-9-10(6-8)19-14-12(9)13(18)15-11(16-14)7-17(2)3/h8H,4-7H2,1-3H3,(H,15,16,18)/p+1/t8-/m0/s1. The van der Waals surface area contributed by atoms with Gasteiger partial charge in [-0.2, -0.15) is 0 Å². The van der Waals surface area contributed by atoms with E-state index >= 15 is 0 Å². The first-order chi connectivity index (χ1) is 9.04. The molecule has 0 bridgehead atoms. The molecular formula is C14H20N3OS+. The molecule has 0 fully saturated rings. The fraction of sp³-hybridized carbons (Fsp3) is 0.571. The van der Waals surface area contributed by atoms with Crippen LogP contribution in [-0.2, 0) is 19.4 Å². The lowest BCUT2D eigenvalue weighted by atomic mass is 9.89. The minimum absolute atomic E-state index is 0.0494. The van der Waals surface area contributed by atoms with E-state index in [9.17, 15) is 4.79 Å². The van der Waals surface area contributed by atoms with Gasteiger partial charge >= 0.3 is 0 Å². The van der Waals surface area contributed by atoms with E-state index in [4.69, 9.17) is 0 Å². The molecular weight excluding hydrogens is 258 g/mol. The average molecular weight is 278 g/mol. The Labute approximate surface area is 116 Å². The van der Waals surface area contributed by atoms with E-state index in [1.807, 2.05) is 0 Å². The van der Waals surface area contributed by atoms with Gasteiger partial charge in [0.25, 0.3) is 5.56 Å². The number of hydrogen-bond acceptors (Lipinski definition) is 3. The summed E-state index contributed by atoms with van der Waals surface area (Å²) in [4.78, 5) is 23.5. The number of aryl methyl sites for hydroxylation is 1. The smallest absolute Gasteiger partial charge is 0.260 e. The van der Waals surface area contributed by atoms with Gasteiger partial charge in [-0.1, -0.05) is 6.92 Å². The topological polar surface area (TPSA) is 50.2 Å². The van der Waals surface area contributed by atoms with Gasteiger partial charge in [-0.3, -0.25) is 4.79 Å². The lowest BCUT2D eigenvalue weighted by molar-refractivity contribution is -0.873. The first kappa shape index (κ1) is 12.8. The molecule has 4 nitrogen and oxygen atoms in total. The van der Waals surface area contributed by atoms with Gasteiger partial charge in [-0.05, 0) is 30.7 Å². The monoisotopic (exact) mass is 278 g/mol. The number of H-pyrrole nitrogens is 1. The lowest BCUT2D eigenvalue weighted by Crippen LogP contribution is -3.04. The maximum Gasteiger partial charge on any atom is 0.260 e. The van der Waals surface area contributed by atoms with Crippen molar-refractivity contribution in [3.05, 3.63) is 26.6 Å². The molecule has 0 spiro atoms. The number of fused-ring (bicyclic) bond motifs is 3. The van der Waals surface area contributed by atoms with Gasteiger partial charge in [0.2, 0.25) is 0 Å². The molecule has 3 rings (SSSR count). The molecule has 2 aromatic rings. The van der Waals surface area contributed by atoms with Crippen molar-refractivity contribution in [1.29, 1.82) is 0 Å². The molecule has 2 heterocycles. The highest BCUT2D eigenvalue weighted by Crippen LogP contribution is 2.35. The van der Waals surface area contributed by atoms with Crippen molar-refractivity contribution in [1.82, 2.24) is 9.97 Å². The Bertz CT molecular complexity index is 671. The molecule has 1 atom stereocenters. The summed E-state index contributed by atoms with van der Waals surface area (Å²) >= 11 is 1.72. The van der Waals surface area contributed by atoms with Crippen LogP contribution in [0.25, 0.3) is 10.2 Å². The van der Waals surface area contributed by atoms with Crippen LogP contribution in [0.15, 0.2) is 4.79 Å². The zero-order valence-electron chi connectivity index (χ0n) is 11.7. The van der Waals surface area contributed by atoms with Crippen molar-refractivity contribution in [2.24, 2.45) is 5.92 Å². The van der Waals surface area contributed by atoms with Gasteiger partial charge in [0.05, 0.1) is 19.5 Å². The largest absolute Gasteiger partial charge is 0.334 e. The predicted molar refractivity (Wildman–Crippen MR) is 77.9 cm³/mol. The minimum atomic E-state index is 0.0494. The molecule has 0 amide bonds. The molecule has 1 aliphatic rings. The Balaban J connectivity index is 2.14. The fourth-order valence-electron chi connectivity index (χ4n) is 2.81. The van der Waals surface area contributed by atoms with Crippen LogP contribution in [0.2, 0.25) is 0 Å². The van der Waals surface area contributed by atoms with Crippen molar-refractivity contribution in [3.63, 3.8) is 0 Å². The number of rotatable bonds is 2. The average Bonchev–Trinajstić information content (AvgIpc) is 2.65. The SMILES string of the molecule is C[C@H]1CCc2c(sc3nc(C[NH+](C)C)[nH]c(=O)c23)C1. The Kier molecular flexibility index (Phi) is 3.19. The summed E-state index contributed by atoms with van der Waals surface area (Å²) in [5.41, 5.74) is 1.31. The van der Waals surface area contributed by atoms with E-state index in [2.05, 4.69) is 31.0 Å². The van der Waals surface area contributed by atoms with E-state index in [0.29, 0.717) is 0 Å². The number of aromatic nitrogens is 2. The van der Waals surface area contributed by atoms with Crippen LogP contribution < -0.4 is 10.5 Å². The number of quaternary nitrogens is 1. The van der Waals surface area contributed by atoms with Gasteiger partial charge < -0.3 is 9.88 Å². The van der Waals surface area contributed by atoms with Gasteiger partial charge in [0.1, 0.15) is 11.4 Å². The van der Waals surface area contributed by atoms with Gasteiger partial charge in [-0.15, -0.1) is 11.3 Å². The second-order valence-electron chi connectivity index (χ2n) is 5.93. The molecule has 102 valence electrons. The van der Waals surface area contributed by atoms with Crippen molar-refractivity contribution in [2.45, 2.75) is 32.7 Å². The van der Waals surface area contributed by atoms with E-state index in [1.54, 1.807) is 11.3 Å². The van der Waals surface area contributed by atoms with Crippen molar-refractivity contribution in [2.75, 3.05) is 14.1 Å². The molecule has 5 heteroatoms. The molecule has 19 heavy (non-hydrogen) atoms. The summed E-state index contributed by atoms with van der Waals surface area (Å²) in [5.74, 6) is 1.52. The minimum Gasteiger partial charge on any atom is -0.334 e. The van der Waals surface area contributed by atoms with E-state index in [1.165, 1.54) is 21.8 Å². The summed E-state index contributed by atoms with van der Waals surface area (Å²) in [6.07, 6.45) is 3.31. The highest BCUT2D eigenvalue weighted by molar-refractivity contribution is 7.18. The zero-order valence-corrected chi connectivity index (χ0v) is 12.5. The van der Waals surface area contributed by atoms with E-state index < -0.39 is 0 Å². The summed E-state index contributed by atoms with van der Waals surface area (Å²) in [6, 6.07) is 0. The second kappa shape index (κ2) is 4.72. The van der Waals surface area contributed by atoms with Crippen LogP contribution in [0.1, 0.15) is 29.6 Å². The van der Waals surface area contributed by atoms with Crippen molar-refractivity contribution in [3.8, 4) is 0 Å². The zero-order chi connectivity index (χ0) is 13.6. The number of nitrogens with zero attached hydrogens (tertiary/aromatic N) is 1. The number of nitrogens with one attached hydrogen (secondary N) is 2. The molecule has 0 unspecified atom stereocenters. The summed E-state index contributed by atoms with van der Waals surface area (Å²) in [5, 5.41) is 0.851. The van der Waals surface area contributed by atoms with Crippen LogP contribution in [0.5, 0.6) is 0 Å². The third-order valence-corrected chi connectivity index (χ3v) is 4.88. The maximum atomic E-state index is 12.3. The maximum absolute atomic E-state index is 12.3. The summed E-state index contributed by atoms with van der Waals surface area (Å²) < 4.78 is 0. The van der Waals surface area contributed by atoms with Crippen molar-refractivity contribution >= 4 is 21.6 Å². The molecule has 0 saturated carbocycles. The highest BCUT2D eigenvalue weighted by Gasteiger charge is 2.23. The van der Waals surface area contributed by atoms with Crippen LogP contribution in [0, 0.1) is 5.92 Å². The molecule has 0 radical (unpaired) electrons. The Hall–Kier alpha value is -1.20. The van der Waals surface area contributed by atoms with Gasteiger partial charge in [0, 0.05) is 4.88 Å². The van der Waals surface area contributed by atoms with Crippen LogP contribution in [0.3, 0.4) is 0 Å². The number of hydrogen-bond donors (Lipinski definition) is 2. The number of thiophene rings is 1. The van der Waals surface area contributed by atoms with Gasteiger partial charge in [0.15, 0.2) is 5.82 Å². The van der Waals surface area contributed by atoms with Gasteiger partial charge in [-0.25, -0.2) is 4.98 Å². The third-order valence-electron chi connectivity index (χ3n) is 3.74. The molecule has 2 aromatic heterocycles. The molecule has 0 aliphatic heterocycles. The predicted octanol–water partition coefficient (Wildman–Crippen LogP) is 0.754. The Morgan fingerprint density at radius 3 is 3.00 bits per heavy atom. The third kappa shape index (κ3) is 2.32. The number of aromatic amines is 1. The van der Waals surface area contributed by atoms with Crippen LogP contribution in [-0.4, -0.2) is 24.1 Å². The van der Waals surface area contributed by atoms with Crippen LogP contribution in [0.4, 0.5) is 0 Å². The first-order valence-electron chi connectivity index (χ1n) is 6.87. The molecule has 0 saturated heterocycles. The normalized spacial score (nSPS) is 19.1. The summed E-state index contributed by atoms with van der Waals surface area (Å²) in [6.45, 7) is 3.04. The second-order valence-corrected chi connectivity index (χ2v) is 7.01. The molecule has 0 aromatic carbocycles. The fourth-order valence-corrected chi connectivity index (χ4v) is 4.21. The quantitative estimate of drug-likeness (QED) is 0.852. The molecule has 1 aliphatic carbocycles. The Morgan fingerprint density at radius 2 is 2.26 bits per heavy atom.